The fourth-order valence-electron chi connectivity index (χ4n) is 1.41. The van der Waals surface area contributed by atoms with Crippen LogP contribution in [0.2, 0.25) is 5.02 Å². The molecule has 0 aliphatic rings. The summed E-state index contributed by atoms with van der Waals surface area (Å²) in [5, 5.41) is 19.5. The molecular formula is C12H6ClIN2O5. The molecule has 1 aromatic heterocycles. The molecule has 108 valence electrons. The number of carboxylic acid groups (broad SMARTS) is 1. The zero-order valence-electron chi connectivity index (χ0n) is 10.1. The first-order valence-corrected chi connectivity index (χ1v) is 6.85. The topological polar surface area (TPSA) is 103 Å². The third-order valence-corrected chi connectivity index (χ3v) is 3.55. The maximum Gasteiger partial charge on any atom is 0.335 e. The van der Waals surface area contributed by atoms with Crippen molar-refractivity contribution in [2.24, 2.45) is 0 Å². The predicted octanol–water partition coefficient (Wildman–Crippen LogP) is 3.74. The fourth-order valence-corrected chi connectivity index (χ4v) is 2.05. The first-order valence-electron chi connectivity index (χ1n) is 5.39. The smallest absolute Gasteiger partial charge is 0.335 e. The zero-order chi connectivity index (χ0) is 15.6. The Hall–Kier alpha value is -1.94. The summed E-state index contributed by atoms with van der Waals surface area (Å²) in [5.74, 6) is -0.888. The molecule has 0 spiro atoms. The lowest BCUT2D eigenvalue weighted by molar-refractivity contribution is -0.385. The molecule has 9 heteroatoms. The fraction of sp³-hybridized carbons (Fsp3) is 0. The standard InChI is InChI=1S/C12H6ClIN2O5/c13-8-4-7(16(19)20)5-15-11(8)21-10-3-6(12(17)18)1-2-9(10)14/h1-5H,(H,17,18). The summed E-state index contributed by atoms with van der Waals surface area (Å²) in [4.78, 5) is 24.7. The molecule has 1 N–H and O–H groups in total. The van der Waals surface area contributed by atoms with Crippen molar-refractivity contribution in [3.63, 3.8) is 0 Å². The number of aromatic carboxylic acids is 1. The van der Waals surface area contributed by atoms with E-state index in [1.807, 2.05) is 22.6 Å². The molecule has 0 unspecified atom stereocenters. The van der Waals surface area contributed by atoms with Crippen LogP contribution in [0.1, 0.15) is 10.4 Å². The van der Waals surface area contributed by atoms with Gasteiger partial charge in [0, 0.05) is 6.07 Å². The van der Waals surface area contributed by atoms with Gasteiger partial charge in [0.1, 0.15) is 17.0 Å². The van der Waals surface area contributed by atoms with Gasteiger partial charge in [-0.2, -0.15) is 0 Å². The van der Waals surface area contributed by atoms with E-state index in [1.165, 1.54) is 12.1 Å². The lowest BCUT2D eigenvalue weighted by Gasteiger charge is -2.08. The van der Waals surface area contributed by atoms with Crippen LogP contribution < -0.4 is 4.74 Å². The Kier molecular flexibility index (Phi) is 4.58. The molecule has 0 aliphatic heterocycles. The van der Waals surface area contributed by atoms with E-state index in [1.54, 1.807) is 6.07 Å². The Morgan fingerprint density at radius 3 is 2.71 bits per heavy atom. The van der Waals surface area contributed by atoms with Gasteiger partial charge in [0.25, 0.3) is 5.69 Å². The average Bonchev–Trinajstić information content (AvgIpc) is 2.42. The molecular weight excluding hydrogens is 414 g/mol. The lowest BCUT2D eigenvalue weighted by Crippen LogP contribution is -1.99. The van der Waals surface area contributed by atoms with Gasteiger partial charge < -0.3 is 9.84 Å². The second kappa shape index (κ2) is 6.22. The number of benzene rings is 1. The minimum Gasteiger partial charge on any atom is -0.478 e. The number of halogens is 2. The van der Waals surface area contributed by atoms with Crippen molar-refractivity contribution in [2.75, 3.05) is 0 Å². The molecule has 21 heavy (non-hydrogen) atoms. The van der Waals surface area contributed by atoms with Crippen LogP contribution >= 0.6 is 34.2 Å². The number of hydrogen-bond donors (Lipinski definition) is 1. The van der Waals surface area contributed by atoms with Gasteiger partial charge in [-0.15, -0.1) is 0 Å². The number of rotatable bonds is 4. The number of nitrogens with zero attached hydrogens (tertiary/aromatic N) is 2. The molecule has 7 nitrogen and oxygen atoms in total. The number of aromatic nitrogens is 1. The molecule has 0 radical (unpaired) electrons. The first kappa shape index (κ1) is 15.4. The molecule has 0 aliphatic carbocycles. The molecule has 0 saturated heterocycles. The third-order valence-electron chi connectivity index (χ3n) is 2.39. The number of ether oxygens (including phenoxy) is 1. The third kappa shape index (κ3) is 3.58. The van der Waals surface area contributed by atoms with Gasteiger partial charge in [0.2, 0.25) is 5.88 Å². The monoisotopic (exact) mass is 420 g/mol. The second-order valence-electron chi connectivity index (χ2n) is 3.79. The van der Waals surface area contributed by atoms with Crippen molar-refractivity contribution in [1.29, 1.82) is 0 Å². The summed E-state index contributed by atoms with van der Waals surface area (Å²) in [5.41, 5.74) is -0.218. The molecule has 0 bridgehead atoms. The number of hydrogen-bond acceptors (Lipinski definition) is 5. The highest BCUT2D eigenvalue weighted by atomic mass is 127. The van der Waals surface area contributed by atoms with Crippen molar-refractivity contribution < 1.29 is 19.6 Å². The van der Waals surface area contributed by atoms with Gasteiger partial charge in [-0.1, -0.05) is 11.6 Å². The number of pyridine rings is 1. The average molecular weight is 421 g/mol. The normalized spacial score (nSPS) is 10.2. The highest BCUT2D eigenvalue weighted by Gasteiger charge is 2.15. The van der Waals surface area contributed by atoms with E-state index < -0.39 is 10.9 Å². The minimum atomic E-state index is -1.10. The van der Waals surface area contributed by atoms with E-state index >= 15 is 0 Å². The maximum absolute atomic E-state index is 10.9. The van der Waals surface area contributed by atoms with E-state index in [4.69, 9.17) is 21.4 Å². The van der Waals surface area contributed by atoms with Crippen LogP contribution in [0.15, 0.2) is 30.5 Å². The summed E-state index contributed by atoms with van der Waals surface area (Å²) >= 11 is 7.83. The van der Waals surface area contributed by atoms with Crippen molar-refractivity contribution >= 4 is 45.8 Å². The zero-order valence-corrected chi connectivity index (χ0v) is 13.0. The van der Waals surface area contributed by atoms with E-state index in [9.17, 15) is 14.9 Å². The summed E-state index contributed by atoms with van der Waals surface area (Å²) in [7, 11) is 0. The van der Waals surface area contributed by atoms with Gasteiger partial charge in [-0.05, 0) is 40.8 Å². The number of carboxylic acids is 1. The summed E-state index contributed by atoms with van der Waals surface area (Å²) in [6.45, 7) is 0. The Morgan fingerprint density at radius 1 is 1.43 bits per heavy atom. The lowest BCUT2D eigenvalue weighted by atomic mass is 10.2. The van der Waals surface area contributed by atoms with Gasteiger partial charge in [0.15, 0.2) is 0 Å². The Morgan fingerprint density at radius 2 is 2.14 bits per heavy atom. The summed E-state index contributed by atoms with van der Waals surface area (Å²) < 4.78 is 6.08. The van der Waals surface area contributed by atoms with Gasteiger partial charge >= 0.3 is 5.97 Å². The maximum atomic E-state index is 10.9. The van der Waals surface area contributed by atoms with E-state index in [0.717, 1.165) is 12.3 Å². The number of nitro groups is 1. The van der Waals surface area contributed by atoms with Crippen molar-refractivity contribution in [1.82, 2.24) is 4.98 Å². The molecule has 2 aromatic rings. The van der Waals surface area contributed by atoms with E-state index in [2.05, 4.69) is 4.98 Å². The van der Waals surface area contributed by atoms with Crippen LogP contribution in [0.4, 0.5) is 5.69 Å². The van der Waals surface area contributed by atoms with Gasteiger partial charge in [-0.3, -0.25) is 10.1 Å². The molecule has 0 saturated carbocycles. The van der Waals surface area contributed by atoms with Crippen molar-refractivity contribution in [3.05, 3.63) is 54.7 Å². The van der Waals surface area contributed by atoms with Crippen LogP contribution in [0.3, 0.4) is 0 Å². The SMILES string of the molecule is O=C(O)c1ccc(I)c(Oc2ncc([N+](=O)[O-])cc2Cl)c1. The van der Waals surface area contributed by atoms with Crippen LogP contribution in [0.5, 0.6) is 11.6 Å². The predicted molar refractivity (Wildman–Crippen MR) is 82.1 cm³/mol. The summed E-state index contributed by atoms with van der Waals surface area (Å²) in [6, 6.07) is 5.43. The Labute approximate surface area is 136 Å². The summed E-state index contributed by atoms with van der Waals surface area (Å²) in [6.07, 6.45) is 1.01. The highest BCUT2D eigenvalue weighted by Crippen LogP contribution is 2.32. The van der Waals surface area contributed by atoms with E-state index in [0.29, 0.717) is 3.57 Å². The first-order chi connectivity index (χ1) is 9.88. The molecule has 0 fully saturated rings. The van der Waals surface area contributed by atoms with Gasteiger partial charge in [-0.25, -0.2) is 9.78 Å². The molecule has 0 atom stereocenters. The van der Waals surface area contributed by atoms with Gasteiger partial charge in [0.05, 0.1) is 14.1 Å². The molecule has 1 aromatic carbocycles. The Bertz CT molecular complexity index is 738. The van der Waals surface area contributed by atoms with Crippen molar-refractivity contribution in [2.45, 2.75) is 0 Å². The largest absolute Gasteiger partial charge is 0.478 e. The highest BCUT2D eigenvalue weighted by molar-refractivity contribution is 14.1. The second-order valence-corrected chi connectivity index (χ2v) is 5.36. The van der Waals surface area contributed by atoms with Crippen molar-refractivity contribution in [3.8, 4) is 11.6 Å². The minimum absolute atomic E-state index is 0.0391. The Balaban J connectivity index is 2.36. The van der Waals surface area contributed by atoms with Crippen LogP contribution in [-0.2, 0) is 0 Å². The quantitative estimate of drug-likeness (QED) is 0.459. The van der Waals surface area contributed by atoms with Crippen LogP contribution in [0, 0.1) is 13.7 Å². The van der Waals surface area contributed by atoms with E-state index in [-0.39, 0.29) is 27.9 Å². The molecule has 1 heterocycles. The number of carbonyl (C=O) groups is 1. The van der Waals surface area contributed by atoms with Crippen LogP contribution in [-0.4, -0.2) is 21.0 Å². The molecule has 2 rings (SSSR count). The van der Waals surface area contributed by atoms with Crippen LogP contribution in [0.25, 0.3) is 0 Å². The molecule has 0 amide bonds.